The van der Waals surface area contributed by atoms with E-state index in [0.29, 0.717) is 11.4 Å². The standard InChI is InChI=1S/C17H12F2N4/c18-12-6-5-11(13(19)7-12)8-21-17-16-9-20-10-23(16)15-4-2-1-3-14(15)22-17/h1-7,9-10H,8H2,(H,21,22). The monoisotopic (exact) mass is 310 g/mol. The summed E-state index contributed by atoms with van der Waals surface area (Å²) in [4.78, 5) is 8.72. The molecule has 0 radical (unpaired) electrons. The molecule has 0 aliphatic heterocycles. The number of nitrogens with one attached hydrogen (secondary N) is 1. The van der Waals surface area contributed by atoms with Crippen molar-refractivity contribution in [1.82, 2.24) is 14.4 Å². The lowest BCUT2D eigenvalue weighted by molar-refractivity contribution is 0.574. The Bertz CT molecular complexity index is 1010. The zero-order chi connectivity index (χ0) is 15.8. The van der Waals surface area contributed by atoms with Gasteiger partial charge in [-0.3, -0.25) is 4.40 Å². The van der Waals surface area contributed by atoms with Crippen LogP contribution in [0.3, 0.4) is 0 Å². The van der Waals surface area contributed by atoms with Gasteiger partial charge in [0.05, 0.1) is 23.6 Å². The first-order chi connectivity index (χ1) is 11.2. The van der Waals surface area contributed by atoms with Crippen molar-refractivity contribution in [2.24, 2.45) is 0 Å². The number of benzene rings is 2. The van der Waals surface area contributed by atoms with Gasteiger partial charge < -0.3 is 5.32 Å². The number of hydrogen-bond donors (Lipinski definition) is 1. The van der Waals surface area contributed by atoms with Gasteiger partial charge in [0.25, 0.3) is 0 Å². The molecule has 2 aromatic heterocycles. The summed E-state index contributed by atoms with van der Waals surface area (Å²) in [6.45, 7) is 0.207. The molecule has 0 aliphatic carbocycles. The van der Waals surface area contributed by atoms with E-state index in [2.05, 4.69) is 15.3 Å². The van der Waals surface area contributed by atoms with Crippen molar-refractivity contribution in [2.45, 2.75) is 6.54 Å². The maximum Gasteiger partial charge on any atom is 0.153 e. The molecule has 0 fully saturated rings. The van der Waals surface area contributed by atoms with Crippen LogP contribution in [-0.2, 0) is 6.54 Å². The van der Waals surface area contributed by atoms with Crippen molar-refractivity contribution < 1.29 is 8.78 Å². The van der Waals surface area contributed by atoms with E-state index in [1.165, 1.54) is 12.1 Å². The summed E-state index contributed by atoms with van der Waals surface area (Å²) in [7, 11) is 0. The predicted molar refractivity (Wildman–Crippen MR) is 84.2 cm³/mol. The summed E-state index contributed by atoms with van der Waals surface area (Å²) in [6, 6.07) is 11.2. The lowest BCUT2D eigenvalue weighted by Crippen LogP contribution is -2.06. The van der Waals surface area contributed by atoms with Crippen LogP contribution in [0.25, 0.3) is 16.6 Å². The van der Waals surface area contributed by atoms with Crippen molar-refractivity contribution in [3.63, 3.8) is 0 Å². The third-order valence-electron chi connectivity index (χ3n) is 3.72. The second-order valence-electron chi connectivity index (χ2n) is 5.19. The summed E-state index contributed by atoms with van der Waals surface area (Å²) >= 11 is 0. The van der Waals surface area contributed by atoms with E-state index in [0.717, 1.165) is 22.6 Å². The fourth-order valence-corrected chi connectivity index (χ4v) is 2.58. The number of halogens is 2. The van der Waals surface area contributed by atoms with Crippen LogP contribution in [0.2, 0.25) is 0 Å². The maximum atomic E-state index is 13.7. The molecule has 1 N–H and O–H groups in total. The summed E-state index contributed by atoms with van der Waals surface area (Å²) in [5, 5.41) is 3.11. The van der Waals surface area contributed by atoms with Gasteiger partial charge in [-0.15, -0.1) is 0 Å². The second kappa shape index (κ2) is 5.31. The Balaban J connectivity index is 1.74. The summed E-state index contributed by atoms with van der Waals surface area (Å²) in [5.41, 5.74) is 2.92. The zero-order valence-corrected chi connectivity index (χ0v) is 12.0. The second-order valence-corrected chi connectivity index (χ2v) is 5.19. The molecule has 2 heterocycles. The Labute approximate surface area is 130 Å². The third-order valence-corrected chi connectivity index (χ3v) is 3.72. The molecule has 4 aromatic rings. The van der Waals surface area contributed by atoms with E-state index in [1.54, 1.807) is 12.5 Å². The molecular weight excluding hydrogens is 298 g/mol. The number of imidazole rings is 1. The number of aromatic nitrogens is 3. The molecule has 114 valence electrons. The van der Waals surface area contributed by atoms with E-state index in [-0.39, 0.29) is 6.54 Å². The van der Waals surface area contributed by atoms with Crippen molar-refractivity contribution in [2.75, 3.05) is 5.32 Å². The van der Waals surface area contributed by atoms with Gasteiger partial charge in [0.15, 0.2) is 5.82 Å². The Morgan fingerprint density at radius 2 is 1.91 bits per heavy atom. The quantitative estimate of drug-likeness (QED) is 0.626. The fraction of sp³-hybridized carbons (Fsp3) is 0.0588. The molecule has 0 bridgehead atoms. The molecule has 0 unspecified atom stereocenters. The van der Waals surface area contributed by atoms with Gasteiger partial charge in [0.1, 0.15) is 17.2 Å². The number of nitrogens with zero attached hydrogens (tertiary/aromatic N) is 3. The average molecular weight is 310 g/mol. The molecule has 6 heteroatoms. The van der Waals surface area contributed by atoms with Gasteiger partial charge >= 0.3 is 0 Å². The number of rotatable bonds is 3. The van der Waals surface area contributed by atoms with E-state index < -0.39 is 11.6 Å². The van der Waals surface area contributed by atoms with Crippen LogP contribution >= 0.6 is 0 Å². The van der Waals surface area contributed by atoms with E-state index >= 15 is 0 Å². The molecular formula is C17H12F2N4. The molecule has 2 aromatic carbocycles. The fourth-order valence-electron chi connectivity index (χ4n) is 2.58. The van der Waals surface area contributed by atoms with Crippen LogP contribution in [-0.4, -0.2) is 14.4 Å². The smallest absolute Gasteiger partial charge is 0.153 e. The van der Waals surface area contributed by atoms with E-state index in [1.807, 2.05) is 28.7 Å². The highest BCUT2D eigenvalue weighted by atomic mass is 19.1. The molecule has 4 rings (SSSR count). The van der Waals surface area contributed by atoms with Crippen LogP contribution in [0.15, 0.2) is 55.0 Å². The number of para-hydroxylation sites is 2. The summed E-state index contributed by atoms with van der Waals surface area (Å²) in [6.07, 6.45) is 3.41. The van der Waals surface area contributed by atoms with E-state index in [4.69, 9.17) is 0 Å². The lowest BCUT2D eigenvalue weighted by atomic mass is 10.2. The minimum atomic E-state index is -0.590. The van der Waals surface area contributed by atoms with Crippen LogP contribution in [0.5, 0.6) is 0 Å². The first kappa shape index (κ1) is 13.6. The van der Waals surface area contributed by atoms with Gasteiger partial charge in [-0.2, -0.15) is 0 Å². The minimum absolute atomic E-state index is 0.207. The summed E-state index contributed by atoms with van der Waals surface area (Å²) in [5.74, 6) is -0.569. The minimum Gasteiger partial charge on any atom is -0.364 e. The SMILES string of the molecule is Fc1ccc(CNc2nc3ccccc3n3cncc23)c(F)c1. The van der Waals surface area contributed by atoms with Crippen LogP contribution in [0.1, 0.15) is 5.56 Å². The Morgan fingerprint density at radius 1 is 1.04 bits per heavy atom. The van der Waals surface area contributed by atoms with Crippen LogP contribution < -0.4 is 5.32 Å². The van der Waals surface area contributed by atoms with Gasteiger partial charge in [0.2, 0.25) is 0 Å². The normalized spacial score (nSPS) is 11.2. The van der Waals surface area contributed by atoms with Gasteiger partial charge in [0, 0.05) is 18.2 Å². The van der Waals surface area contributed by atoms with Crippen LogP contribution in [0.4, 0.5) is 14.6 Å². The molecule has 0 amide bonds. The van der Waals surface area contributed by atoms with E-state index in [9.17, 15) is 8.78 Å². The molecule has 0 saturated heterocycles. The zero-order valence-electron chi connectivity index (χ0n) is 12.0. The molecule has 4 nitrogen and oxygen atoms in total. The van der Waals surface area contributed by atoms with Crippen LogP contribution in [0, 0.1) is 11.6 Å². The van der Waals surface area contributed by atoms with Crippen molar-refractivity contribution in [1.29, 1.82) is 0 Å². The number of hydrogen-bond acceptors (Lipinski definition) is 3. The summed E-state index contributed by atoms with van der Waals surface area (Å²) < 4.78 is 28.6. The molecule has 23 heavy (non-hydrogen) atoms. The Hall–Kier alpha value is -3.02. The topological polar surface area (TPSA) is 42.2 Å². The highest BCUT2D eigenvalue weighted by molar-refractivity contribution is 5.84. The first-order valence-electron chi connectivity index (χ1n) is 7.11. The number of fused-ring (bicyclic) bond motifs is 3. The predicted octanol–water partition coefficient (Wildman–Crippen LogP) is 3.77. The van der Waals surface area contributed by atoms with Gasteiger partial charge in [-0.1, -0.05) is 18.2 Å². The highest BCUT2D eigenvalue weighted by Gasteiger charge is 2.09. The first-order valence-corrected chi connectivity index (χ1v) is 7.11. The van der Waals surface area contributed by atoms with Crippen molar-refractivity contribution >= 4 is 22.4 Å². The lowest BCUT2D eigenvalue weighted by Gasteiger charge is -2.10. The Kier molecular flexibility index (Phi) is 3.15. The molecule has 0 spiro atoms. The largest absolute Gasteiger partial charge is 0.364 e. The van der Waals surface area contributed by atoms with Gasteiger partial charge in [-0.05, 0) is 18.2 Å². The van der Waals surface area contributed by atoms with Crippen molar-refractivity contribution in [3.8, 4) is 0 Å². The maximum absolute atomic E-state index is 13.7. The Morgan fingerprint density at radius 3 is 2.78 bits per heavy atom. The van der Waals surface area contributed by atoms with Gasteiger partial charge in [-0.25, -0.2) is 18.7 Å². The van der Waals surface area contributed by atoms with Crippen molar-refractivity contribution in [3.05, 3.63) is 72.2 Å². The molecule has 0 atom stereocenters. The molecule has 0 aliphatic rings. The third kappa shape index (κ3) is 2.38. The highest BCUT2D eigenvalue weighted by Crippen LogP contribution is 2.22. The average Bonchev–Trinajstić information content (AvgIpc) is 3.04. The number of anilines is 1. The molecule has 0 saturated carbocycles.